The molecule has 1 atom stereocenters. The predicted molar refractivity (Wildman–Crippen MR) is 101 cm³/mol. The van der Waals surface area contributed by atoms with Crippen LogP contribution in [-0.4, -0.2) is 30.5 Å². The number of benzene rings is 1. The lowest BCUT2D eigenvalue weighted by atomic mass is 9.89. The van der Waals surface area contributed by atoms with Crippen molar-refractivity contribution < 1.29 is 9.50 Å². The third-order valence-electron chi connectivity index (χ3n) is 4.28. The topological polar surface area (TPSA) is 72.9 Å². The molecule has 0 aliphatic rings. The Kier molecular flexibility index (Phi) is 5.17. The fourth-order valence-electron chi connectivity index (χ4n) is 2.52. The van der Waals surface area contributed by atoms with E-state index in [1.165, 1.54) is 39.7 Å². The number of nitrogens with zero attached hydrogens (tertiary/aromatic N) is 4. The van der Waals surface area contributed by atoms with Crippen LogP contribution in [0.5, 0.6) is 0 Å². The van der Waals surface area contributed by atoms with Gasteiger partial charge in [-0.25, -0.2) is 18.4 Å². The highest BCUT2D eigenvalue weighted by atomic mass is 35.5. The number of hydrogen-bond donors (Lipinski definition) is 1. The van der Waals surface area contributed by atoms with Crippen molar-refractivity contribution in [2.24, 2.45) is 5.41 Å². The molecule has 0 radical (unpaired) electrons. The lowest BCUT2D eigenvalue weighted by molar-refractivity contribution is 0.0441. The van der Waals surface area contributed by atoms with Crippen molar-refractivity contribution in [2.45, 2.75) is 33.4 Å². The summed E-state index contributed by atoms with van der Waals surface area (Å²) in [6, 6.07) is 7.15. The van der Waals surface area contributed by atoms with Gasteiger partial charge in [0.1, 0.15) is 5.82 Å². The maximum atomic E-state index is 13.3. The molecule has 2 heterocycles. The SMILES string of the molecule is CC(C)(C)C(O)Cn1nc(-c2ccncc2Cl)n(-c2ccc(F)cc2)c1=O. The van der Waals surface area contributed by atoms with Crippen LogP contribution < -0.4 is 5.69 Å². The Hall–Kier alpha value is -2.51. The van der Waals surface area contributed by atoms with E-state index in [-0.39, 0.29) is 6.54 Å². The van der Waals surface area contributed by atoms with Crippen molar-refractivity contribution in [3.8, 4) is 17.1 Å². The van der Waals surface area contributed by atoms with Gasteiger partial charge in [0.15, 0.2) is 5.82 Å². The zero-order chi connectivity index (χ0) is 19.8. The summed E-state index contributed by atoms with van der Waals surface area (Å²) in [4.78, 5) is 17.0. The number of halogens is 2. The molecule has 1 N–H and O–H groups in total. The van der Waals surface area contributed by atoms with E-state index < -0.39 is 23.0 Å². The van der Waals surface area contributed by atoms with Crippen LogP contribution in [0.25, 0.3) is 17.1 Å². The van der Waals surface area contributed by atoms with Gasteiger partial charge in [-0.2, -0.15) is 0 Å². The maximum absolute atomic E-state index is 13.3. The van der Waals surface area contributed by atoms with Gasteiger partial charge in [0.2, 0.25) is 0 Å². The molecule has 0 aliphatic heterocycles. The summed E-state index contributed by atoms with van der Waals surface area (Å²) < 4.78 is 15.9. The third kappa shape index (κ3) is 3.94. The first-order valence-corrected chi connectivity index (χ1v) is 8.80. The molecule has 0 aliphatic carbocycles. The largest absolute Gasteiger partial charge is 0.391 e. The van der Waals surface area contributed by atoms with Gasteiger partial charge in [0.05, 0.1) is 23.4 Å². The van der Waals surface area contributed by atoms with Gasteiger partial charge in [-0.3, -0.25) is 4.98 Å². The Bertz CT molecular complexity index is 1010. The molecule has 1 unspecified atom stereocenters. The van der Waals surface area contributed by atoms with Gasteiger partial charge in [0.25, 0.3) is 0 Å². The van der Waals surface area contributed by atoms with Crippen LogP contribution in [0.3, 0.4) is 0 Å². The second-order valence-corrected chi connectivity index (χ2v) is 7.74. The molecule has 142 valence electrons. The minimum Gasteiger partial charge on any atom is -0.391 e. The lowest BCUT2D eigenvalue weighted by Crippen LogP contribution is -2.35. The van der Waals surface area contributed by atoms with E-state index in [2.05, 4.69) is 10.1 Å². The van der Waals surface area contributed by atoms with Gasteiger partial charge in [-0.15, -0.1) is 5.10 Å². The molecule has 0 bridgehead atoms. The highest BCUT2D eigenvalue weighted by molar-refractivity contribution is 6.33. The third-order valence-corrected chi connectivity index (χ3v) is 4.58. The average Bonchev–Trinajstić information content (AvgIpc) is 2.92. The summed E-state index contributed by atoms with van der Waals surface area (Å²) in [6.45, 7) is 5.65. The van der Waals surface area contributed by atoms with Crippen LogP contribution in [0.1, 0.15) is 20.8 Å². The summed E-state index contributed by atoms with van der Waals surface area (Å²) in [5.74, 6) is -0.119. The Morgan fingerprint density at radius 3 is 2.48 bits per heavy atom. The summed E-state index contributed by atoms with van der Waals surface area (Å²) in [5.41, 5.74) is 0.0822. The maximum Gasteiger partial charge on any atom is 0.350 e. The molecular weight excluding hydrogens is 371 g/mol. The van der Waals surface area contributed by atoms with E-state index in [4.69, 9.17) is 11.6 Å². The van der Waals surface area contributed by atoms with Crippen molar-refractivity contribution in [2.75, 3.05) is 0 Å². The second kappa shape index (κ2) is 7.25. The van der Waals surface area contributed by atoms with E-state index in [1.54, 1.807) is 12.3 Å². The molecule has 2 aromatic heterocycles. The first-order valence-electron chi connectivity index (χ1n) is 8.42. The molecule has 8 heteroatoms. The van der Waals surface area contributed by atoms with E-state index in [9.17, 15) is 14.3 Å². The van der Waals surface area contributed by atoms with Gasteiger partial charge in [-0.1, -0.05) is 32.4 Å². The standard InChI is InChI=1S/C19H20ClFN4O2/c1-19(2,3)16(26)11-24-18(27)25(13-6-4-12(21)5-7-13)17(23-24)14-8-9-22-10-15(14)20/h4-10,16,26H,11H2,1-3H3. The van der Waals surface area contributed by atoms with Crippen LogP contribution in [0.2, 0.25) is 5.02 Å². The van der Waals surface area contributed by atoms with Crippen molar-refractivity contribution in [3.63, 3.8) is 0 Å². The first kappa shape index (κ1) is 19.3. The molecule has 1 aromatic carbocycles. The number of aromatic nitrogens is 4. The Morgan fingerprint density at radius 2 is 1.89 bits per heavy atom. The number of hydrogen-bond acceptors (Lipinski definition) is 4. The molecule has 0 saturated heterocycles. The van der Waals surface area contributed by atoms with E-state index >= 15 is 0 Å². The highest BCUT2D eigenvalue weighted by Gasteiger charge is 2.26. The molecule has 3 aromatic rings. The molecule has 27 heavy (non-hydrogen) atoms. The molecule has 0 spiro atoms. The zero-order valence-corrected chi connectivity index (χ0v) is 16.0. The Labute approximate surface area is 160 Å². The van der Waals surface area contributed by atoms with Gasteiger partial charge in [0, 0.05) is 18.0 Å². The fraction of sp³-hybridized carbons (Fsp3) is 0.316. The van der Waals surface area contributed by atoms with Crippen molar-refractivity contribution in [1.29, 1.82) is 0 Å². The number of rotatable bonds is 4. The molecule has 0 amide bonds. The lowest BCUT2D eigenvalue weighted by Gasteiger charge is -2.25. The van der Waals surface area contributed by atoms with Gasteiger partial charge >= 0.3 is 5.69 Å². The fourth-order valence-corrected chi connectivity index (χ4v) is 2.72. The Balaban J connectivity index is 2.19. The van der Waals surface area contributed by atoms with Gasteiger partial charge < -0.3 is 5.11 Å². The van der Waals surface area contributed by atoms with Crippen LogP contribution >= 0.6 is 11.6 Å². The first-order chi connectivity index (χ1) is 12.7. The summed E-state index contributed by atoms with van der Waals surface area (Å²) in [6.07, 6.45) is 2.22. The van der Waals surface area contributed by atoms with E-state index in [0.29, 0.717) is 22.1 Å². The number of aliphatic hydroxyl groups excluding tert-OH is 1. The highest BCUT2D eigenvalue weighted by Crippen LogP contribution is 2.27. The van der Waals surface area contributed by atoms with Crippen LogP contribution in [0.15, 0.2) is 47.5 Å². The molecular formula is C19H20ClFN4O2. The zero-order valence-electron chi connectivity index (χ0n) is 15.2. The van der Waals surface area contributed by atoms with E-state index in [1.807, 2.05) is 20.8 Å². The summed E-state index contributed by atoms with van der Waals surface area (Å²) in [7, 11) is 0. The minimum atomic E-state index is -0.785. The minimum absolute atomic E-state index is 0.0201. The van der Waals surface area contributed by atoms with Crippen LogP contribution in [0, 0.1) is 11.2 Å². The summed E-state index contributed by atoms with van der Waals surface area (Å²) >= 11 is 6.25. The molecule has 0 saturated carbocycles. The van der Waals surface area contributed by atoms with E-state index in [0.717, 1.165) is 0 Å². The predicted octanol–water partition coefficient (Wildman–Crippen LogP) is 3.30. The van der Waals surface area contributed by atoms with Crippen molar-refractivity contribution in [1.82, 2.24) is 19.3 Å². The van der Waals surface area contributed by atoms with Crippen LogP contribution in [0.4, 0.5) is 4.39 Å². The monoisotopic (exact) mass is 390 g/mol. The summed E-state index contributed by atoms with van der Waals surface area (Å²) in [5, 5.41) is 15.1. The number of aliphatic hydroxyl groups is 1. The molecule has 0 fully saturated rings. The smallest absolute Gasteiger partial charge is 0.350 e. The Morgan fingerprint density at radius 1 is 1.22 bits per heavy atom. The number of pyridine rings is 1. The normalized spacial score (nSPS) is 13.0. The quantitative estimate of drug-likeness (QED) is 0.741. The molecule has 3 rings (SSSR count). The van der Waals surface area contributed by atoms with Crippen molar-refractivity contribution in [3.05, 3.63) is 64.0 Å². The van der Waals surface area contributed by atoms with Crippen molar-refractivity contribution >= 4 is 11.6 Å². The second-order valence-electron chi connectivity index (χ2n) is 7.34. The average molecular weight is 391 g/mol. The van der Waals surface area contributed by atoms with Crippen LogP contribution in [-0.2, 0) is 6.54 Å². The van der Waals surface area contributed by atoms with Gasteiger partial charge in [-0.05, 0) is 35.7 Å². The molecule has 6 nitrogen and oxygen atoms in total.